The van der Waals surface area contributed by atoms with Crippen molar-refractivity contribution in [1.29, 1.82) is 0 Å². The number of benzene rings is 1. The van der Waals surface area contributed by atoms with E-state index in [4.69, 9.17) is 0 Å². The van der Waals surface area contributed by atoms with Gasteiger partial charge in [-0.15, -0.1) is 0 Å². The first-order chi connectivity index (χ1) is 13.1. The second-order valence-electron chi connectivity index (χ2n) is 7.08. The van der Waals surface area contributed by atoms with Crippen molar-refractivity contribution in [2.45, 2.75) is 25.4 Å². The number of hydrogen-bond acceptors (Lipinski definition) is 3. The third kappa shape index (κ3) is 2.96. The third-order valence-electron chi connectivity index (χ3n) is 5.02. The summed E-state index contributed by atoms with van der Waals surface area (Å²) in [5.41, 5.74) is -0.423. The Morgan fingerprint density at radius 3 is 2.43 bits per heavy atom. The maximum atomic E-state index is 13.7. The van der Waals surface area contributed by atoms with Gasteiger partial charge >= 0.3 is 6.18 Å². The fraction of sp³-hybridized carbons (Fsp3) is 0.316. The molecule has 0 spiro atoms. The van der Waals surface area contributed by atoms with Gasteiger partial charge in [-0.2, -0.15) is 13.2 Å². The minimum Gasteiger partial charge on any atom is -0.345 e. The molecule has 9 heteroatoms. The summed E-state index contributed by atoms with van der Waals surface area (Å²) in [6, 6.07) is 7.73. The number of aryl methyl sites for hydroxylation is 1. The highest BCUT2D eigenvalue weighted by Gasteiger charge is 2.38. The number of carbonyl (C=O) groups excluding carboxylic acids is 1. The fourth-order valence-electron chi connectivity index (χ4n) is 3.52. The molecule has 1 atom stereocenters. The topological polar surface area (TPSA) is 70.5 Å². The molecule has 0 radical (unpaired) electrons. The summed E-state index contributed by atoms with van der Waals surface area (Å²) >= 11 is 0. The monoisotopic (exact) mass is 390 g/mol. The Morgan fingerprint density at radius 1 is 1.18 bits per heavy atom. The van der Waals surface area contributed by atoms with Crippen molar-refractivity contribution in [3.63, 3.8) is 0 Å². The van der Waals surface area contributed by atoms with Gasteiger partial charge in [-0.25, -0.2) is 9.50 Å². The van der Waals surface area contributed by atoms with Gasteiger partial charge < -0.3 is 4.90 Å². The summed E-state index contributed by atoms with van der Waals surface area (Å²) in [6.45, 7) is 2.20. The van der Waals surface area contributed by atoms with Crippen LogP contribution in [0.3, 0.4) is 0 Å². The van der Waals surface area contributed by atoms with E-state index in [1.165, 1.54) is 11.0 Å². The van der Waals surface area contributed by atoms with Crippen LogP contribution in [-0.4, -0.2) is 39.0 Å². The lowest BCUT2D eigenvalue weighted by molar-refractivity contribution is -0.140. The Balaban J connectivity index is 1.98. The number of amides is 1. The summed E-state index contributed by atoms with van der Waals surface area (Å²) in [7, 11) is 1.64. The molecule has 0 unspecified atom stereocenters. The number of likely N-dealkylation sites (N-methyl/N-ethyl adjacent to an activating group) is 1. The van der Waals surface area contributed by atoms with Gasteiger partial charge in [-0.1, -0.05) is 29.8 Å². The standard InChI is InChI=1S/C19H17F3N4O2/c1-10-3-5-11(6-4-10)16-17(19(20,21)22)24-26-15(28)8-13(23-18(16)26)12-7-14(27)25(2)9-12/h3-6,8,12,24H,7,9H2,1-2H3/t12-/m1/s1. The summed E-state index contributed by atoms with van der Waals surface area (Å²) < 4.78 is 41.8. The van der Waals surface area contributed by atoms with E-state index in [2.05, 4.69) is 10.1 Å². The highest BCUT2D eigenvalue weighted by Crippen LogP contribution is 2.38. The molecule has 3 heterocycles. The molecule has 2 aromatic heterocycles. The minimum absolute atomic E-state index is 0.0872. The fourth-order valence-corrected chi connectivity index (χ4v) is 3.52. The third-order valence-corrected chi connectivity index (χ3v) is 5.02. The van der Waals surface area contributed by atoms with Crippen molar-refractivity contribution in [3.05, 3.63) is 57.6 Å². The van der Waals surface area contributed by atoms with Crippen LogP contribution in [0, 0.1) is 6.92 Å². The molecule has 1 saturated heterocycles. The van der Waals surface area contributed by atoms with Crippen molar-refractivity contribution in [2.24, 2.45) is 0 Å². The number of hydrogen-bond donors (Lipinski definition) is 1. The average Bonchev–Trinajstić information content (AvgIpc) is 3.17. The van der Waals surface area contributed by atoms with Crippen LogP contribution in [0.15, 0.2) is 35.1 Å². The van der Waals surface area contributed by atoms with E-state index in [1.54, 1.807) is 31.3 Å². The van der Waals surface area contributed by atoms with Crippen LogP contribution in [0.2, 0.25) is 0 Å². The van der Waals surface area contributed by atoms with Crippen LogP contribution in [-0.2, 0) is 11.0 Å². The second kappa shape index (κ2) is 6.22. The molecule has 0 bridgehead atoms. The Kier molecular flexibility index (Phi) is 4.06. The predicted molar refractivity (Wildman–Crippen MR) is 96.0 cm³/mol. The first-order valence-corrected chi connectivity index (χ1v) is 8.69. The van der Waals surface area contributed by atoms with E-state index in [-0.39, 0.29) is 29.5 Å². The summed E-state index contributed by atoms with van der Waals surface area (Å²) in [5.74, 6) is -0.416. The molecule has 1 aliphatic heterocycles. The van der Waals surface area contributed by atoms with Crippen molar-refractivity contribution in [1.82, 2.24) is 19.5 Å². The zero-order valence-corrected chi connectivity index (χ0v) is 15.2. The van der Waals surface area contributed by atoms with Gasteiger partial charge in [0.1, 0.15) is 5.69 Å². The second-order valence-corrected chi connectivity index (χ2v) is 7.08. The Morgan fingerprint density at radius 2 is 1.86 bits per heavy atom. The van der Waals surface area contributed by atoms with Gasteiger partial charge in [0.15, 0.2) is 5.65 Å². The number of carbonyl (C=O) groups is 1. The smallest absolute Gasteiger partial charge is 0.345 e. The number of H-pyrrole nitrogens is 1. The number of nitrogens with one attached hydrogen (secondary N) is 1. The van der Waals surface area contributed by atoms with Crippen LogP contribution in [0.5, 0.6) is 0 Å². The number of alkyl halides is 3. The molecule has 28 heavy (non-hydrogen) atoms. The lowest BCUT2D eigenvalue weighted by Gasteiger charge is -2.10. The van der Waals surface area contributed by atoms with Gasteiger partial charge in [0.05, 0.1) is 11.3 Å². The number of aromatic nitrogens is 3. The summed E-state index contributed by atoms with van der Waals surface area (Å²) in [5, 5.41) is 2.16. The molecule has 0 aliphatic carbocycles. The summed E-state index contributed by atoms with van der Waals surface area (Å²) in [6.07, 6.45) is -4.51. The zero-order chi connectivity index (χ0) is 20.2. The van der Waals surface area contributed by atoms with Crippen molar-refractivity contribution in [2.75, 3.05) is 13.6 Å². The lowest BCUT2D eigenvalue weighted by atomic mass is 10.0. The molecule has 3 aromatic rings. The van der Waals surface area contributed by atoms with Gasteiger partial charge in [0, 0.05) is 32.0 Å². The van der Waals surface area contributed by atoms with Gasteiger partial charge in [-0.3, -0.25) is 14.7 Å². The maximum absolute atomic E-state index is 13.7. The van der Waals surface area contributed by atoms with Crippen molar-refractivity contribution < 1.29 is 18.0 Å². The molecule has 1 aliphatic rings. The normalized spacial score (nSPS) is 17.7. The number of fused-ring (bicyclic) bond motifs is 1. The number of aromatic amines is 1. The van der Waals surface area contributed by atoms with E-state index in [1.807, 2.05) is 6.92 Å². The van der Waals surface area contributed by atoms with E-state index in [0.717, 1.165) is 10.1 Å². The molecule has 6 nitrogen and oxygen atoms in total. The van der Waals surface area contributed by atoms with Crippen molar-refractivity contribution in [3.8, 4) is 11.1 Å². The van der Waals surface area contributed by atoms with Gasteiger partial charge in [-0.05, 0) is 12.5 Å². The maximum Gasteiger partial charge on any atom is 0.433 e. The predicted octanol–water partition coefficient (Wildman–Crippen LogP) is 2.96. The van der Waals surface area contributed by atoms with Crippen LogP contribution in [0.4, 0.5) is 13.2 Å². The number of rotatable bonds is 2. The van der Waals surface area contributed by atoms with Crippen LogP contribution in [0.1, 0.15) is 29.3 Å². The van der Waals surface area contributed by atoms with E-state index in [0.29, 0.717) is 17.8 Å². The zero-order valence-electron chi connectivity index (χ0n) is 15.2. The van der Waals surface area contributed by atoms with Crippen LogP contribution < -0.4 is 5.56 Å². The Bertz CT molecular complexity index is 1130. The first kappa shape index (κ1) is 18.3. The lowest BCUT2D eigenvalue weighted by Crippen LogP contribution is -2.20. The van der Waals surface area contributed by atoms with Gasteiger partial charge in [0.2, 0.25) is 5.91 Å². The Labute approximate surface area is 157 Å². The Hall–Kier alpha value is -3.10. The van der Waals surface area contributed by atoms with Crippen molar-refractivity contribution >= 4 is 11.6 Å². The molecule has 1 amide bonds. The van der Waals surface area contributed by atoms with E-state index in [9.17, 15) is 22.8 Å². The number of nitrogens with zero attached hydrogens (tertiary/aromatic N) is 3. The number of likely N-dealkylation sites (tertiary alicyclic amines) is 1. The van der Waals surface area contributed by atoms with Crippen LogP contribution in [0.25, 0.3) is 16.8 Å². The largest absolute Gasteiger partial charge is 0.433 e. The molecular weight excluding hydrogens is 373 g/mol. The molecule has 4 rings (SSSR count). The average molecular weight is 390 g/mol. The molecule has 0 saturated carbocycles. The van der Waals surface area contributed by atoms with Crippen LogP contribution >= 0.6 is 0 Å². The van der Waals surface area contributed by atoms with E-state index >= 15 is 0 Å². The molecule has 1 fully saturated rings. The first-order valence-electron chi connectivity index (χ1n) is 8.69. The van der Waals surface area contributed by atoms with E-state index < -0.39 is 17.4 Å². The molecule has 1 aromatic carbocycles. The number of halogens is 3. The highest BCUT2D eigenvalue weighted by molar-refractivity contribution is 5.81. The molecule has 146 valence electrons. The quantitative estimate of drug-likeness (QED) is 0.731. The molecule has 1 N–H and O–H groups in total. The van der Waals surface area contributed by atoms with Gasteiger partial charge in [0.25, 0.3) is 5.56 Å². The SMILES string of the molecule is Cc1ccc(-c2c(C(F)(F)F)[nH]n3c(=O)cc([C@@H]4CC(=O)N(C)C4)nc23)cc1. The summed E-state index contributed by atoms with van der Waals surface area (Å²) in [4.78, 5) is 30.2. The minimum atomic E-state index is -4.69. The molecular formula is C19H17F3N4O2. The highest BCUT2D eigenvalue weighted by atomic mass is 19.4.